The lowest BCUT2D eigenvalue weighted by Crippen LogP contribution is -2.39. The van der Waals surface area contributed by atoms with E-state index in [2.05, 4.69) is 9.88 Å². The van der Waals surface area contributed by atoms with Crippen LogP contribution in [0.25, 0.3) is 11.8 Å². The number of carbonyl (C=O) groups is 3. The topological polar surface area (TPSA) is 71.4 Å². The van der Waals surface area contributed by atoms with Crippen molar-refractivity contribution in [3.05, 3.63) is 57.2 Å². The highest BCUT2D eigenvalue weighted by Crippen LogP contribution is 2.33. The summed E-state index contributed by atoms with van der Waals surface area (Å²) < 4.78 is 2.06. The van der Waals surface area contributed by atoms with Gasteiger partial charge in [0.15, 0.2) is 0 Å². The van der Waals surface area contributed by atoms with Gasteiger partial charge in [-0.2, -0.15) is 0 Å². The zero-order valence-corrected chi connectivity index (χ0v) is 18.1. The molecule has 0 spiro atoms. The molecule has 6 nitrogen and oxygen atoms in total. The van der Waals surface area contributed by atoms with Gasteiger partial charge < -0.3 is 9.88 Å². The predicted molar refractivity (Wildman–Crippen MR) is 116 cm³/mol. The minimum Gasteiger partial charge on any atom is -0.355 e. The Bertz CT molecular complexity index is 995. The summed E-state index contributed by atoms with van der Waals surface area (Å²) in [7, 11) is 0. The van der Waals surface area contributed by atoms with Crippen LogP contribution in [0.5, 0.6) is 0 Å². The standard InChI is InChI=1S/C21H22ClN3O3S/c1-4-9-23-19(26)12-24-20(27)18(29-21(24)28)11-15-10-13(2)25(14(15)3)17-7-5-16(22)6-8-17/h5-8,10-11H,4,9,12H2,1-3H3,(H,23,26)/b18-11-. The molecule has 1 saturated heterocycles. The number of hydrogen-bond donors (Lipinski definition) is 1. The molecular weight excluding hydrogens is 410 g/mol. The quantitative estimate of drug-likeness (QED) is 0.692. The van der Waals surface area contributed by atoms with Crippen LogP contribution >= 0.6 is 23.4 Å². The number of nitrogens with zero attached hydrogens (tertiary/aromatic N) is 2. The van der Waals surface area contributed by atoms with E-state index in [4.69, 9.17) is 11.6 Å². The number of rotatable bonds is 6. The number of thioether (sulfide) groups is 1. The van der Waals surface area contributed by atoms with Crippen LogP contribution in [-0.4, -0.2) is 39.6 Å². The number of hydrogen-bond acceptors (Lipinski definition) is 4. The van der Waals surface area contributed by atoms with Crippen LogP contribution in [0, 0.1) is 13.8 Å². The molecule has 0 saturated carbocycles. The Hall–Kier alpha value is -2.51. The van der Waals surface area contributed by atoms with Gasteiger partial charge in [-0.05, 0) is 74.0 Å². The molecule has 0 aliphatic carbocycles. The monoisotopic (exact) mass is 431 g/mol. The highest BCUT2D eigenvalue weighted by Gasteiger charge is 2.36. The summed E-state index contributed by atoms with van der Waals surface area (Å²) in [6.45, 7) is 6.12. The fourth-order valence-electron chi connectivity index (χ4n) is 3.16. The largest absolute Gasteiger partial charge is 0.355 e. The number of amides is 3. The molecule has 3 amide bonds. The summed E-state index contributed by atoms with van der Waals surface area (Å²) in [6, 6.07) is 9.46. The Morgan fingerprint density at radius 2 is 1.90 bits per heavy atom. The van der Waals surface area contributed by atoms with Gasteiger partial charge >= 0.3 is 0 Å². The number of benzene rings is 1. The van der Waals surface area contributed by atoms with E-state index in [0.29, 0.717) is 16.5 Å². The number of aryl methyl sites for hydroxylation is 1. The van der Waals surface area contributed by atoms with E-state index in [0.717, 1.165) is 45.7 Å². The van der Waals surface area contributed by atoms with Gasteiger partial charge in [-0.25, -0.2) is 0 Å². The molecule has 1 aliphatic rings. The molecule has 1 aliphatic heterocycles. The second kappa shape index (κ2) is 8.88. The molecule has 2 heterocycles. The van der Waals surface area contributed by atoms with Crippen LogP contribution in [0.3, 0.4) is 0 Å². The molecule has 1 fully saturated rings. The first-order valence-electron chi connectivity index (χ1n) is 9.28. The van der Waals surface area contributed by atoms with E-state index < -0.39 is 11.1 Å². The molecule has 3 rings (SSSR count). The molecule has 0 unspecified atom stereocenters. The molecule has 152 valence electrons. The fraction of sp³-hybridized carbons (Fsp3) is 0.286. The maximum Gasteiger partial charge on any atom is 0.294 e. The molecule has 1 N–H and O–H groups in total. The molecular formula is C21H22ClN3O3S. The first-order valence-corrected chi connectivity index (χ1v) is 10.5. The minimum absolute atomic E-state index is 0.258. The lowest BCUT2D eigenvalue weighted by Gasteiger charge is -2.11. The Labute approximate surface area is 178 Å². The maximum absolute atomic E-state index is 12.7. The van der Waals surface area contributed by atoms with Crippen molar-refractivity contribution >= 4 is 46.5 Å². The van der Waals surface area contributed by atoms with Crippen molar-refractivity contribution in [1.82, 2.24) is 14.8 Å². The number of aromatic nitrogens is 1. The van der Waals surface area contributed by atoms with Crippen molar-refractivity contribution in [2.45, 2.75) is 27.2 Å². The van der Waals surface area contributed by atoms with Crippen LogP contribution in [-0.2, 0) is 9.59 Å². The average molecular weight is 432 g/mol. The van der Waals surface area contributed by atoms with Crippen molar-refractivity contribution in [3.8, 4) is 5.69 Å². The molecule has 8 heteroatoms. The van der Waals surface area contributed by atoms with Crippen LogP contribution < -0.4 is 5.32 Å². The van der Waals surface area contributed by atoms with E-state index in [1.165, 1.54) is 0 Å². The fourth-order valence-corrected chi connectivity index (χ4v) is 4.12. The van der Waals surface area contributed by atoms with E-state index >= 15 is 0 Å². The number of halogens is 1. The first kappa shape index (κ1) is 21.2. The summed E-state index contributed by atoms with van der Waals surface area (Å²) in [6.07, 6.45) is 2.50. The van der Waals surface area contributed by atoms with Gasteiger partial charge in [0.2, 0.25) is 5.91 Å². The lowest BCUT2D eigenvalue weighted by atomic mass is 10.2. The third kappa shape index (κ3) is 4.57. The van der Waals surface area contributed by atoms with Gasteiger partial charge in [-0.15, -0.1) is 0 Å². The highest BCUT2D eigenvalue weighted by atomic mass is 35.5. The van der Waals surface area contributed by atoms with Gasteiger partial charge in [0.25, 0.3) is 11.1 Å². The smallest absolute Gasteiger partial charge is 0.294 e. The van der Waals surface area contributed by atoms with Crippen molar-refractivity contribution in [2.24, 2.45) is 0 Å². The lowest BCUT2D eigenvalue weighted by molar-refractivity contribution is -0.129. The summed E-state index contributed by atoms with van der Waals surface area (Å²) in [5.41, 5.74) is 3.75. The van der Waals surface area contributed by atoms with Crippen molar-refractivity contribution in [3.63, 3.8) is 0 Å². The summed E-state index contributed by atoms with van der Waals surface area (Å²) in [4.78, 5) is 38.1. The van der Waals surface area contributed by atoms with E-state index in [1.807, 2.05) is 51.1 Å². The normalized spacial score (nSPS) is 15.4. The zero-order chi connectivity index (χ0) is 21.1. The third-order valence-electron chi connectivity index (χ3n) is 4.59. The highest BCUT2D eigenvalue weighted by molar-refractivity contribution is 8.18. The van der Waals surface area contributed by atoms with Crippen molar-refractivity contribution in [1.29, 1.82) is 0 Å². The Balaban J connectivity index is 1.84. The maximum atomic E-state index is 12.7. The van der Waals surface area contributed by atoms with Crippen LogP contribution in [0.1, 0.15) is 30.3 Å². The van der Waals surface area contributed by atoms with Crippen LogP contribution in [0.4, 0.5) is 4.79 Å². The summed E-state index contributed by atoms with van der Waals surface area (Å²) in [5, 5.41) is 2.91. The van der Waals surface area contributed by atoms with E-state index in [-0.39, 0.29) is 12.5 Å². The zero-order valence-electron chi connectivity index (χ0n) is 16.5. The molecule has 2 aromatic rings. The molecule has 1 aromatic heterocycles. The summed E-state index contributed by atoms with van der Waals surface area (Å²) >= 11 is 6.84. The molecule has 0 radical (unpaired) electrons. The number of nitrogens with one attached hydrogen (secondary N) is 1. The summed E-state index contributed by atoms with van der Waals surface area (Å²) in [5.74, 6) is -0.778. The Kier molecular flexibility index (Phi) is 6.49. The predicted octanol–water partition coefficient (Wildman–Crippen LogP) is 4.31. The second-order valence-corrected chi connectivity index (χ2v) is 8.19. The number of imide groups is 1. The van der Waals surface area contributed by atoms with Crippen LogP contribution in [0.15, 0.2) is 35.2 Å². The SMILES string of the molecule is CCCNC(=O)CN1C(=O)S/C(=C\c2cc(C)n(-c3ccc(Cl)cc3)c2C)C1=O. The Morgan fingerprint density at radius 3 is 2.55 bits per heavy atom. The van der Waals surface area contributed by atoms with Gasteiger partial charge in [0.1, 0.15) is 6.54 Å². The second-order valence-electron chi connectivity index (χ2n) is 6.76. The van der Waals surface area contributed by atoms with Crippen LogP contribution in [0.2, 0.25) is 5.02 Å². The van der Waals surface area contributed by atoms with Gasteiger partial charge in [0, 0.05) is 28.6 Å². The minimum atomic E-state index is -0.442. The third-order valence-corrected chi connectivity index (χ3v) is 5.75. The van der Waals surface area contributed by atoms with Gasteiger partial charge in [-0.3, -0.25) is 19.3 Å². The van der Waals surface area contributed by atoms with Gasteiger partial charge in [0.05, 0.1) is 4.91 Å². The molecule has 1 aromatic carbocycles. The van der Waals surface area contributed by atoms with Crippen molar-refractivity contribution < 1.29 is 14.4 Å². The molecule has 29 heavy (non-hydrogen) atoms. The van der Waals surface area contributed by atoms with E-state index in [1.54, 1.807) is 6.08 Å². The molecule has 0 atom stereocenters. The van der Waals surface area contributed by atoms with Crippen molar-refractivity contribution in [2.75, 3.05) is 13.1 Å². The first-order chi connectivity index (χ1) is 13.8. The Morgan fingerprint density at radius 1 is 1.21 bits per heavy atom. The molecule has 0 bridgehead atoms. The average Bonchev–Trinajstić information content (AvgIpc) is 3.11. The number of carbonyl (C=O) groups excluding carboxylic acids is 3. The van der Waals surface area contributed by atoms with Gasteiger partial charge in [-0.1, -0.05) is 18.5 Å². The van der Waals surface area contributed by atoms with E-state index in [9.17, 15) is 14.4 Å².